The Bertz CT molecular complexity index is 598. The first-order valence-corrected chi connectivity index (χ1v) is 9.14. The lowest BCUT2D eigenvalue weighted by atomic mass is 10.0. The fraction of sp³-hybridized carbons (Fsp3) is 0.600. The van der Waals surface area contributed by atoms with E-state index in [1.165, 1.54) is 7.11 Å². The van der Waals surface area contributed by atoms with Gasteiger partial charge in [-0.2, -0.15) is 0 Å². The molecule has 1 saturated heterocycles. The van der Waals surface area contributed by atoms with Crippen molar-refractivity contribution in [1.82, 2.24) is 9.80 Å². The van der Waals surface area contributed by atoms with Gasteiger partial charge >= 0.3 is 12.1 Å². The van der Waals surface area contributed by atoms with Crippen LogP contribution in [0.3, 0.4) is 0 Å². The predicted molar refractivity (Wildman–Crippen MR) is 99.8 cm³/mol. The molecule has 0 radical (unpaired) electrons. The zero-order valence-electron chi connectivity index (χ0n) is 16.2. The van der Waals surface area contributed by atoms with Crippen molar-refractivity contribution in [2.75, 3.05) is 33.3 Å². The number of amides is 1. The molecular formula is C20H30N2O4. The van der Waals surface area contributed by atoms with Crippen molar-refractivity contribution in [1.29, 1.82) is 0 Å². The summed E-state index contributed by atoms with van der Waals surface area (Å²) >= 11 is 0. The summed E-state index contributed by atoms with van der Waals surface area (Å²) in [6.45, 7) is 8.55. The molecule has 0 saturated carbocycles. The van der Waals surface area contributed by atoms with Gasteiger partial charge in [0, 0.05) is 26.1 Å². The molecule has 0 spiro atoms. The van der Waals surface area contributed by atoms with Gasteiger partial charge in [-0.3, -0.25) is 14.6 Å². The van der Waals surface area contributed by atoms with Gasteiger partial charge in [-0.1, -0.05) is 30.3 Å². The van der Waals surface area contributed by atoms with Gasteiger partial charge in [0.1, 0.15) is 5.60 Å². The molecule has 26 heavy (non-hydrogen) atoms. The highest BCUT2D eigenvalue weighted by atomic mass is 16.6. The summed E-state index contributed by atoms with van der Waals surface area (Å²) in [7, 11) is 1.41. The molecule has 1 unspecified atom stereocenters. The number of ether oxygens (including phenoxy) is 2. The van der Waals surface area contributed by atoms with Crippen molar-refractivity contribution in [3.05, 3.63) is 35.9 Å². The minimum absolute atomic E-state index is 0.0575. The molecule has 0 N–H and O–H groups in total. The van der Waals surface area contributed by atoms with Gasteiger partial charge in [0.25, 0.3) is 0 Å². The second-order valence-corrected chi connectivity index (χ2v) is 7.58. The zero-order chi connectivity index (χ0) is 19.2. The molecule has 0 aromatic heterocycles. The largest absolute Gasteiger partial charge is 0.469 e. The Morgan fingerprint density at radius 2 is 1.85 bits per heavy atom. The van der Waals surface area contributed by atoms with Crippen LogP contribution >= 0.6 is 0 Å². The Kier molecular flexibility index (Phi) is 7.03. The molecule has 1 aliphatic rings. The van der Waals surface area contributed by atoms with Crippen LogP contribution in [-0.2, 0) is 14.3 Å². The minimum Gasteiger partial charge on any atom is -0.469 e. The van der Waals surface area contributed by atoms with Gasteiger partial charge in [-0.15, -0.1) is 0 Å². The van der Waals surface area contributed by atoms with E-state index in [2.05, 4.69) is 4.90 Å². The summed E-state index contributed by atoms with van der Waals surface area (Å²) in [6.07, 6.45) is 0.889. The van der Waals surface area contributed by atoms with Crippen molar-refractivity contribution >= 4 is 12.1 Å². The Balaban J connectivity index is 2.06. The van der Waals surface area contributed by atoms with Gasteiger partial charge in [0.05, 0.1) is 13.2 Å². The van der Waals surface area contributed by atoms with Crippen LogP contribution in [0, 0.1) is 0 Å². The smallest absolute Gasteiger partial charge is 0.410 e. The molecule has 144 valence electrons. The highest BCUT2D eigenvalue weighted by Gasteiger charge is 2.34. The number of carbonyl (C=O) groups excluding carboxylic acids is 2. The van der Waals surface area contributed by atoms with Crippen molar-refractivity contribution in [3.8, 4) is 0 Å². The van der Waals surface area contributed by atoms with Crippen LogP contribution in [0.15, 0.2) is 30.3 Å². The SMILES string of the molecule is COC(=O)CCCN1CCN(C(=O)OC(C)(C)C)C(c2ccccc2)C1. The standard InChI is InChI=1S/C20H30N2O4/c1-20(2,3)26-19(24)22-14-13-21(12-8-11-18(23)25-4)15-17(22)16-9-6-5-7-10-16/h5-7,9-10,17H,8,11-15H2,1-4H3. The molecule has 1 aromatic rings. The fourth-order valence-electron chi connectivity index (χ4n) is 3.09. The van der Waals surface area contributed by atoms with Gasteiger partial charge in [-0.25, -0.2) is 4.79 Å². The van der Waals surface area contributed by atoms with Crippen LogP contribution in [0.5, 0.6) is 0 Å². The second-order valence-electron chi connectivity index (χ2n) is 7.58. The monoisotopic (exact) mass is 362 g/mol. The van der Waals surface area contributed by atoms with E-state index in [4.69, 9.17) is 9.47 Å². The maximum Gasteiger partial charge on any atom is 0.410 e. The predicted octanol–water partition coefficient (Wildman–Crippen LogP) is 3.23. The number of methoxy groups -OCH3 is 1. The quantitative estimate of drug-likeness (QED) is 0.753. The highest BCUT2D eigenvalue weighted by molar-refractivity contribution is 5.69. The average molecular weight is 362 g/mol. The van der Waals surface area contributed by atoms with E-state index >= 15 is 0 Å². The molecule has 1 amide bonds. The molecule has 6 heteroatoms. The normalized spacial score (nSPS) is 18.5. The van der Waals surface area contributed by atoms with E-state index in [9.17, 15) is 9.59 Å². The second kappa shape index (κ2) is 9.03. The maximum atomic E-state index is 12.7. The van der Waals surface area contributed by atoms with Crippen LogP contribution in [0.1, 0.15) is 45.2 Å². The van der Waals surface area contributed by atoms with E-state index in [1.54, 1.807) is 0 Å². The maximum absolute atomic E-state index is 12.7. The first-order chi connectivity index (χ1) is 12.3. The minimum atomic E-state index is -0.518. The lowest BCUT2D eigenvalue weighted by Crippen LogP contribution is -2.51. The molecule has 1 atom stereocenters. The Morgan fingerprint density at radius 1 is 1.15 bits per heavy atom. The zero-order valence-corrected chi connectivity index (χ0v) is 16.2. The summed E-state index contributed by atoms with van der Waals surface area (Å²) in [5.41, 5.74) is 0.576. The van der Waals surface area contributed by atoms with Crippen LogP contribution in [-0.4, -0.2) is 60.8 Å². The van der Waals surface area contributed by atoms with Gasteiger partial charge in [0.2, 0.25) is 0 Å². The van der Waals surface area contributed by atoms with E-state index in [0.717, 1.165) is 31.6 Å². The van der Waals surface area contributed by atoms with E-state index in [-0.39, 0.29) is 18.1 Å². The average Bonchev–Trinajstić information content (AvgIpc) is 2.60. The van der Waals surface area contributed by atoms with Gasteiger partial charge in [0.15, 0.2) is 0 Å². The summed E-state index contributed by atoms with van der Waals surface area (Å²) in [5.74, 6) is -0.183. The molecule has 0 bridgehead atoms. The summed E-state index contributed by atoms with van der Waals surface area (Å²) in [5, 5.41) is 0. The number of carbonyl (C=O) groups is 2. The number of hydrogen-bond acceptors (Lipinski definition) is 5. The van der Waals surface area contributed by atoms with E-state index in [1.807, 2.05) is 56.0 Å². The number of nitrogens with zero attached hydrogens (tertiary/aromatic N) is 2. The molecule has 0 aliphatic carbocycles. The van der Waals surface area contributed by atoms with Crippen molar-refractivity contribution < 1.29 is 19.1 Å². The summed E-state index contributed by atoms with van der Waals surface area (Å²) in [6, 6.07) is 9.97. The van der Waals surface area contributed by atoms with Gasteiger partial charge in [-0.05, 0) is 39.3 Å². The van der Waals surface area contributed by atoms with Crippen LogP contribution in [0.25, 0.3) is 0 Å². The molecule has 1 aromatic carbocycles. The van der Waals surface area contributed by atoms with Crippen molar-refractivity contribution in [3.63, 3.8) is 0 Å². The van der Waals surface area contributed by atoms with Gasteiger partial charge < -0.3 is 9.47 Å². The van der Waals surface area contributed by atoms with E-state index < -0.39 is 5.60 Å². The Morgan fingerprint density at radius 3 is 2.46 bits per heavy atom. The van der Waals surface area contributed by atoms with Crippen LogP contribution in [0.4, 0.5) is 4.79 Å². The first kappa shape index (κ1) is 20.2. The summed E-state index contributed by atoms with van der Waals surface area (Å²) < 4.78 is 10.3. The number of rotatable bonds is 5. The molecular weight excluding hydrogens is 332 g/mol. The molecule has 1 heterocycles. The highest BCUT2D eigenvalue weighted by Crippen LogP contribution is 2.27. The van der Waals surface area contributed by atoms with Crippen LogP contribution in [0.2, 0.25) is 0 Å². The molecule has 2 rings (SSSR count). The number of piperazine rings is 1. The van der Waals surface area contributed by atoms with Crippen LogP contribution < -0.4 is 0 Å². The summed E-state index contributed by atoms with van der Waals surface area (Å²) in [4.78, 5) is 28.1. The van der Waals surface area contributed by atoms with Crippen molar-refractivity contribution in [2.24, 2.45) is 0 Å². The van der Waals surface area contributed by atoms with E-state index in [0.29, 0.717) is 13.0 Å². The third kappa shape index (κ3) is 6.02. The Hall–Kier alpha value is -2.08. The van der Waals surface area contributed by atoms with Crippen molar-refractivity contribution in [2.45, 2.75) is 45.3 Å². The third-order valence-corrected chi connectivity index (χ3v) is 4.36. The fourth-order valence-corrected chi connectivity index (χ4v) is 3.09. The topological polar surface area (TPSA) is 59.1 Å². The third-order valence-electron chi connectivity index (χ3n) is 4.36. The molecule has 1 fully saturated rings. The Labute approximate surface area is 156 Å². The first-order valence-electron chi connectivity index (χ1n) is 9.14. The number of hydrogen-bond donors (Lipinski definition) is 0. The lowest BCUT2D eigenvalue weighted by molar-refractivity contribution is -0.140. The number of esters is 1. The molecule has 6 nitrogen and oxygen atoms in total. The lowest BCUT2D eigenvalue weighted by Gasteiger charge is -2.42. The molecule has 1 aliphatic heterocycles. The number of benzene rings is 1.